The van der Waals surface area contributed by atoms with E-state index >= 15 is 0 Å². The molecule has 1 rings (SSSR count). The van der Waals surface area contributed by atoms with Gasteiger partial charge in [0.25, 0.3) is 0 Å². The van der Waals surface area contributed by atoms with Crippen molar-refractivity contribution in [2.24, 2.45) is 5.73 Å². The molecule has 5 nitrogen and oxygen atoms in total. The van der Waals surface area contributed by atoms with Gasteiger partial charge < -0.3 is 20.5 Å². The average Bonchev–Trinajstić information content (AvgIpc) is 2.28. The molecule has 0 aromatic heterocycles. The van der Waals surface area contributed by atoms with Gasteiger partial charge in [-0.2, -0.15) is 0 Å². The molecule has 5 heteroatoms. The first kappa shape index (κ1) is 14.4. The zero-order chi connectivity index (χ0) is 12.9. The fourth-order valence-corrected chi connectivity index (χ4v) is 2.01. The summed E-state index contributed by atoms with van der Waals surface area (Å²) >= 11 is 0. The largest absolute Gasteiger partial charge is 0.390 e. The Kier molecular flexibility index (Phi) is 5.36. The molecular weight excluding hydrogens is 220 g/mol. The smallest absolute Gasteiger partial charge is 0.239 e. The number of hydrogen-bond acceptors (Lipinski definition) is 4. The van der Waals surface area contributed by atoms with Gasteiger partial charge in [-0.3, -0.25) is 4.79 Å². The molecule has 1 atom stereocenters. The van der Waals surface area contributed by atoms with Crippen LogP contribution in [0.2, 0.25) is 0 Å². The third-order valence-electron chi connectivity index (χ3n) is 3.33. The Balaban J connectivity index is 2.32. The molecule has 100 valence electrons. The maximum Gasteiger partial charge on any atom is 0.239 e. The van der Waals surface area contributed by atoms with Gasteiger partial charge in [-0.25, -0.2) is 0 Å². The number of methoxy groups -OCH3 is 1. The van der Waals surface area contributed by atoms with Crippen LogP contribution < -0.4 is 5.73 Å². The molecule has 3 N–H and O–H groups in total. The standard InChI is InChI=1S/C12H24N2O3/c1-12(16)5-7-14(8-6-12)11(15)10(13)4-3-9-17-2/h10,16H,3-9,13H2,1-2H3. The first-order valence-corrected chi connectivity index (χ1v) is 6.22. The van der Waals surface area contributed by atoms with Crippen molar-refractivity contribution in [3.05, 3.63) is 0 Å². The number of likely N-dealkylation sites (tertiary alicyclic amines) is 1. The van der Waals surface area contributed by atoms with E-state index in [4.69, 9.17) is 10.5 Å². The van der Waals surface area contributed by atoms with E-state index in [0.29, 0.717) is 39.0 Å². The third kappa shape index (κ3) is 4.61. The van der Waals surface area contributed by atoms with Crippen LogP contribution in [0.25, 0.3) is 0 Å². The first-order valence-electron chi connectivity index (χ1n) is 6.22. The lowest BCUT2D eigenvalue weighted by molar-refractivity contribution is -0.136. The van der Waals surface area contributed by atoms with Gasteiger partial charge in [0.05, 0.1) is 11.6 Å². The molecule has 0 aromatic carbocycles. The van der Waals surface area contributed by atoms with Crippen LogP contribution in [0.15, 0.2) is 0 Å². The zero-order valence-corrected chi connectivity index (χ0v) is 10.8. The van der Waals surface area contributed by atoms with Crippen molar-refractivity contribution in [1.29, 1.82) is 0 Å². The minimum atomic E-state index is -0.628. The van der Waals surface area contributed by atoms with Gasteiger partial charge in [0, 0.05) is 26.8 Å². The highest BCUT2D eigenvalue weighted by Gasteiger charge is 2.31. The van der Waals surface area contributed by atoms with Crippen molar-refractivity contribution in [3.8, 4) is 0 Å². The normalized spacial score (nSPS) is 21.3. The van der Waals surface area contributed by atoms with Gasteiger partial charge in [0.15, 0.2) is 0 Å². The van der Waals surface area contributed by atoms with Gasteiger partial charge >= 0.3 is 0 Å². The number of amides is 1. The Bertz CT molecular complexity index is 246. The summed E-state index contributed by atoms with van der Waals surface area (Å²) in [6, 6.07) is -0.437. The lowest BCUT2D eigenvalue weighted by atomic mass is 9.93. The molecule has 1 aliphatic rings. The van der Waals surface area contributed by atoms with E-state index in [1.54, 1.807) is 12.0 Å². The van der Waals surface area contributed by atoms with Gasteiger partial charge in [-0.15, -0.1) is 0 Å². The summed E-state index contributed by atoms with van der Waals surface area (Å²) in [6.45, 7) is 3.65. The van der Waals surface area contributed by atoms with E-state index in [0.717, 1.165) is 6.42 Å². The molecule has 0 radical (unpaired) electrons. The molecule has 1 unspecified atom stereocenters. The van der Waals surface area contributed by atoms with E-state index in [2.05, 4.69) is 0 Å². The van der Waals surface area contributed by atoms with Gasteiger partial charge in [-0.05, 0) is 32.6 Å². The lowest BCUT2D eigenvalue weighted by Gasteiger charge is -2.36. The third-order valence-corrected chi connectivity index (χ3v) is 3.33. The molecule has 0 bridgehead atoms. The zero-order valence-electron chi connectivity index (χ0n) is 10.8. The van der Waals surface area contributed by atoms with Crippen LogP contribution in [-0.2, 0) is 9.53 Å². The van der Waals surface area contributed by atoms with Crippen LogP contribution in [0, 0.1) is 0 Å². The fraction of sp³-hybridized carbons (Fsp3) is 0.917. The summed E-state index contributed by atoms with van der Waals surface area (Å²) in [4.78, 5) is 13.7. The Morgan fingerprint density at radius 2 is 2.12 bits per heavy atom. The van der Waals surface area contributed by atoms with Crippen LogP contribution >= 0.6 is 0 Å². The van der Waals surface area contributed by atoms with Crippen LogP contribution in [0.1, 0.15) is 32.6 Å². The molecule has 0 spiro atoms. The Hall–Kier alpha value is -0.650. The van der Waals surface area contributed by atoms with Crippen molar-refractivity contribution in [2.75, 3.05) is 26.8 Å². The quantitative estimate of drug-likeness (QED) is 0.673. The number of nitrogens with zero attached hydrogens (tertiary/aromatic N) is 1. The summed E-state index contributed by atoms with van der Waals surface area (Å²) in [5.41, 5.74) is 5.22. The molecular formula is C12H24N2O3. The number of nitrogens with two attached hydrogens (primary N) is 1. The number of rotatable bonds is 5. The molecule has 17 heavy (non-hydrogen) atoms. The average molecular weight is 244 g/mol. The van der Waals surface area contributed by atoms with Crippen LogP contribution in [-0.4, -0.2) is 54.4 Å². The number of carbonyl (C=O) groups is 1. The van der Waals surface area contributed by atoms with E-state index in [1.807, 2.05) is 6.92 Å². The predicted molar refractivity (Wildman–Crippen MR) is 65.5 cm³/mol. The summed E-state index contributed by atoms with van der Waals surface area (Å²) < 4.78 is 4.93. The van der Waals surface area contributed by atoms with Crippen molar-refractivity contribution < 1.29 is 14.6 Å². The second-order valence-corrected chi connectivity index (χ2v) is 5.06. The van der Waals surface area contributed by atoms with Crippen molar-refractivity contribution in [3.63, 3.8) is 0 Å². The monoisotopic (exact) mass is 244 g/mol. The van der Waals surface area contributed by atoms with Crippen molar-refractivity contribution in [1.82, 2.24) is 4.90 Å². The van der Waals surface area contributed by atoms with E-state index in [-0.39, 0.29) is 5.91 Å². The molecule has 1 aliphatic heterocycles. The molecule has 1 amide bonds. The van der Waals surface area contributed by atoms with Crippen molar-refractivity contribution >= 4 is 5.91 Å². The number of hydrogen-bond donors (Lipinski definition) is 2. The molecule has 1 fully saturated rings. The van der Waals surface area contributed by atoms with Crippen LogP contribution in [0.5, 0.6) is 0 Å². The Morgan fingerprint density at radius 3 is 2.65 bits per heavy atom. The SMILES string of the molecule is COCCCC(N)C(=O)N1CCC(C)(O)CC1. The van der Waals surface area contributed by atoms with E-state index in [1.165, 1.54) is 0 Å². The number of ether oxygens (including phenoxy) is 1. The Morgan fingerprint density at radius 1 is 1.53 bits per heavy atom. The number of carbonyl (C=O) groups excluding carboxylic acids is 1. The van der Waals surface area contributed by atoms with Gasteiger partial charge in [0.1, 0.15) is 0 Å². The molecule has 1 saturated heterocycles. The van der Waals surface area contributed by atoms with Crippen molar-refractivity contribution in [2.45, 2.75) is 44.2 Å². The molecule has 0 saturated carbocycles. The Labute approximate surface area is 103 Å². The topological polar surface area (TPSA) is 75.8 Å². The van der Waals surface area contributed by atoms with Gasteiger partial charge in [-0.1, -0.05) is 0 Å². The number of aliphatic hydroxyl groups is 1. The van der Waals surface area contributed by atoms with Gasteiger partial charge in [0.2, 0.25) is 5.91 Å². The second-order valence-electron chi connectivity index (χ2n) is 5.06. The number of piperidine rings is 1. The lowest BCUT2D eigenvalue weighted by Crippen LogP contribution is -2.50. The maximum absolute atomic E-state index is 12.0. The summed E-state index contributed by atoms with van der Waals surface area (Å²) in [6.07, 6.45) is 2.71. The predicted octanol–water partition coefficient (Wildman–Crippen LogP) is 0.114. The van der Waals surface area contributed by atoms with E-state index < -0.39 is 11.6 Å². The summed E-state index contributed by atoms with van der Waals surface area (Å²) in [7, 11) is 1.64. The fourth-order valence-electron chi connectivity index (χ4n) is 2.01. The van der Waals surface area contributed by atoms with E-state index in [9.17, 15) is 9.90 Å². The molecule has 0 aliphatic carbocycles. The summed E-state index contributed by atoms with van der Waals surface area (Å²) in [5.74, 6) is -0.00315. The minimum Gasteiger partial charge on any atom is -0.390 e. The maximum atomic E-state index is 12.0. The molecule has 0 aromatic rings. The minimum absolute atomic E-state index is 0.00315. The highest BCUT2D eigenvalue weighted by atomic mass is 16.5. The first-order chi connectivity index (χ1) is 7.96. The van der Waals surface area contributed by atoms with Crippen LogP contribution in [0.4, 0.5) is 0 Å². The molecule has 1 heterocycles. The highest BCUT2D eigenvalue weighted by molar-refractivity contribution is 5.81. The highest BCUT2D eigenvalue weighted by Crippen LogP contribution is 2.21. The summed E-state index contributed by atoms with van der Waals surface area (Å²) in [5, 5.41) is 9.80. The second kappa shape index (κ2) is 6.33. The van der Waals surface area contributed by atoms with Crippen LogP contribution in [0.3, 0.4) is 0 Å².